The Hall–Kier alpha value is -3.46. The molecule has 0 unspecified atom stereocenters. The Balaban J connectivity index is 1.47. The van der Waals surface area contributed by atoms with Gasteiger partial charge in [-0.3, -0.25) is 9.59 Å². The van der Waals surface area contributed by atoms with E-state index >= 15 is 0 Å². The number of para-hydroxylation sites is 1. The molecule has 0 spiro atoms. The van der Waals surface area contributed by atoms with Gasteiger partial charge in [-0.1, -0.05) is 60.1 Å². The Kier molecular flexibility index (Phi) is 8.66. The zero-order chi connectivity index (χ0) is 27.3. The average Bonchev–Trinajstić information content (AvgIpc) is 3.31. The molecule has 1 heterocycles. The van der Waals surface area contributed by atoms with Crippen LogP contribution in [0.15, 0.2) is 79.0 Å². The highest BCUT2D eigenvalue weighted by Gasteiger charge is 2.19. The van der Waals surface area contributed by atoms with Crippen LogP contribution in [0.1, 0.15) is 51.2 Å². The van der Waals surface area contributed by atoms with Crippen LogP contribution >= 0.6 is 11.6 Å². The van der Waals surface area contributed by atoms with Gasteiger partial charge in [0.05, 0.1) is 22.9 Å². The minimum absolute atomic E-state index is 0.103. The number of sulfone groups is 1. The van der Waals surface area contributed by atoms with Crippen LogP contribution in [0.4, 0.5) is 0 Å². The van der Waals surface area contributed by atoms with Crippen LogP contribution < -0.4 is 5.32 Å². The van der Waals surface area contributed by atoms with Crippen LogP contribution in [-0.2, 0) is 16.4 Å². The second kappa shape index (κ2) is 11.9. The van der Waals surface area contributed by atoms with E-state index in [1.807, 2.05) is 60.2 Å². The van der Waals surface area contributed by atoms with Crippen molar-refractivity contribution in [3.63, 3.8) is 0 Å². The fraction of sp³-hybridized carbons (Fsp3) is 0.241. The van der Waals surface area contributed by atoms with Gasteiger partial charge >= 0.3 is 0 Å². The summed E-state index contributed by atoms with van der Waals surface area (Å²) in [6.45, 7) is 2.20. The number of ketones is 1. The molecular formula is C29H29ClN2O5S. The van der Waals surface area contributed by atoms with Gasteiger partial charge in [0.15, 0.2) is 15.6 Å². The molecule has 0 radical (unpaired) electrons. The lowest BCUT2D eigenvalue weighted by Crippen LogP contribution is -2.27. The van der Waals surface area contributed by atoms with Gasteiger partial charge in [-0.15, -0.1) is 0 Å². The normalized spacial score (nSPS) is 12.4. The zero-order valence-electron chi connectivity index (χ0n) is 20.9. The number of rotatable bonds is 11. The van der Waals surface area contributed by atoms with Crippen molar-refractivity contribution in [1.29, 1.82) is 0 Å². The van der Waals surface area contributed by atoms with Gasteiger partial charge in [0.1, 0.15) is 5.75 Å². The van der Waals surface area contributed by atoms with E-state index in [0.29, 0.717) is 17.1 Å². The molecule has 1 amide bonds. The molecule has 0 saturated heterocycles. The number of amides is 1. The number of carbonyl (C=O) groups is 2. The van der Waals surface area contributed by atoms with E-state index in [1.54, 1.807) is 30.3 Å². The first-order valence-electron chi connectivity index (χ1n) is 12.2. The third-order valence-corrected chi connectivity index (χ3v) is 8.21. The average molecular weight is 553 g/mol. The highest BCUT2D eigenvalue weighted by Crippen LogP contribution is 2.23. The maximum Gasteiger partial charge on any atom is 0.253 e. The highest BCUT2D eigenvalue weighted by molar-refractivity contribution is 7.92. The molecule has 0 saturated carbocycles. The van der Waals surface area contributed by atoms with Crippen LogP contribution in [0.2, 0.25) is 5.02 Å². The summed E-state index contributed by atoms with van der Waals surface area (Å²) in [5, 5.41) is 13.5. The van der Waals surface area contributed by atoms with E-state index in [4.69, 9.17) is 16.7 Å². The molecule has 0 fully saturated rings. The third-order valence-electron chi connectivity index (χ3n) is 6.34. The van der Waals surface area contributed by atoms with E-state index < -0.39 is 21.4 Å². The maximum atomic E-state index is 13.3. The SMILES string of the molecule is C[C@H](NC(=O)c1cccc2ccn(Cc3ccc(Cl)cc3)c12)c1ccc(C(=O)CS(=O)(=O)CCCO)cc1. The van der Waals surface area contributed by atoms with Crippen molar-refractivity contribution in [2.45, 2.75) is 25.9 Å². The molecule has 3 aromatic carbocycles. The van der Waals surface area contributed by atoms with Gasteiger partial charge in [-0.25, -0.2) is 8.42 Å². The smallest absolute Gasteiger partial charge is 0.253 e. The van der Waals surface area contributed by atoms with Crippen molar-refractivity contribution >= 4 is 44.0 Å². The zero-order valence-corrected chi connectivity index (χ0v) is 22.5. The number of benzene rings is 3. The number of hydrogen-bond acceptors (Lipinski definition) is 5. The van der Waals surface area contributed by atoms with E-state index in [-0.39, 0.29) is 36.3 Å². The molecule has 7 nitrogen and oxygen atoms in total. The quantitative estimate of drug-likeness (QED) is 0.260. The summed E-state index contributed by atoms with van der Waals surface area (Å²) < 4.78 is 26.1. The topological polar surface area (TPSA) is 105 Å². The maximum absolute atomic E-state index is 13.3. The number of aliphatic hydroxyl groups is 1. The molecule has 9 heteroatoms. The summed E-state index contributed by atoms with van der Waals surface area (Å²) >= 11 is 6.01. The van der Waals surface area contributed by atoms with Gasteiger partial charge < -0.3 is 15.0 Å². The molecule has 1 atom stereocenters. The predicted molar refractivity (Wildman–Crippen MR) is 150 cm³/mol. The molecule has 38 heavy (non-hydrogen) atoms. The number of carbonyl (C=O) groups excluding carboxylic acids is 2. The lowest BCUT2D eigenvalue weighted by molar-refractivity contribution is 0.0940. The van der Waals surface area contributed by atoms with Crippen molar-refractivity contribution in [2.75, 3.05) is 18.1 Å². The summed E-state index contributed by atoms with van der Waals surface area (Å²) in [6, 6.07) is 21.4. The minimum Gasteiger partial charge on any atom is -0.396 e. The number of hydrogen-bond donors (Lipinski definition) is 2. The van der Waals surface area contributed by atoms with Crippen molar-refractivity contribution in [2.24, 2.45) is 0 Å². The van der Waals surface area contributed by atoms with Gasteiger partial charge in [0, 0.05) is 35.3 Å². The number of nitrogens with one attached hydrogen (secondary N) is 1. The van der Waals surface area contributed by atoms with Gasteiger partial charge in [0.25, 0.3) is 5.91 Å². The standard InChI is InChI=1S/C29H29ClN2O5S/c1-20(22-8-10-23(11-9-22)27(34)19-38(36,37)17-3-16-33)31-29(35)26-5-2-4-24-14-15-32(28(24)26)18-21-6-12-25(30)13-7-21/h2,4-15,20,33H,3,16-19H2,1H3,(H,31,35)/t20-/m0/s1. The highest BCUT2D eigenvalue weighted by atomic mass is 35.5. The molecule has 198 valence electrons. The Bertz CT molecular complexity index is 1540. The molecule has 0 bridgehead atoms. The monoisotopic (exact) mass is 552 g/mol. The lowest BCUT2D eigenvalue weighted by Gasteiger charge is -2.16. The number of fused-ring (bicyclic) bond motifs is 1. The number of halogens is 1. The van der Waals surface area contributed by atoms with Crippen molar-refractivity contribution in [3.8, 4) is 0 Å². The van der Waals surface area contributed by atoms with Gasteiger partial charge in [0.2, 0.25) is 0 Å². The van der Waals surface area contributed by atoms with Crippen molar-refractivity contribution in [3.05, 3.63) is 106 Å². The minimum atomic E-state index is -3.58. The van der Waals surface area contributed by atoms with E-state index in [9.17, 15) is 18.0 Å². The van der Waals surface area contributed by atoms with E-state index in [2.05, 4.69) is 5.32 Å². The van der Waals surface area contributed by atoms with Crippen LogP contribution in [0.3, 0.4) is 0 Å². The second-order valence-corrected chi connectivity index (χ2v) is 11.8. The molecule has 0 aliphatic heterocycles. The van der Waals surface area contributed by atoms with Gasteiger partial charge in [-0.2, -0.15) is 0 Å². The third kappa shape index (κ3) is 6.69. The van der Waals surface area contributed by atoms with Crippen LogP contribution in [0, 0.1) is 0 Å². The summed E-state index contributed by atoms with van der Waals surface area (Å²) in [7, 11) is -3.58. The Morgan fingerprint density at radius 1 is 1.00 bits per heavy atom. The molecular weight excluding hydrogens is 524 g/mol. The first-order chi connectivity index (χ1) is 18.2. The molecule has 0 aliphatic rings. The molecule has 4 rings (SSSR count). The molecule has 2 N–H and O–H groups in total. The largest absolute Gasteiger partial charge is 0.396 e. The fourth-order valence-electron chi connectivity index (χ4n) is 4.32. The lowest BCUT2D eigenvalue weighted by atomic mass is 10.0. The predicted octanol–water partition coefficient (Wildman–Crippen LogP) is 4.81. The Morgan fingerprint density at radius 2 is 1.71 bits per heavy atom. The van der Waals surface area contributed by atoms with Gasteiger partial charge in [-0.05, 0) is 48.7 Å². The first kappa shape index (κ1) is 27.6. The van der Waals surface area contributed by atoms with Crippen LogP contribution in [-0.4, -0.2) is 47.9 Å². The number of aliphatic hydroxyl groups excluding tert-OH is 1. The van der Waals surface area contributed by atoms with Crippen LogP contribution in [0.5, 0.6) is 0 Å². The first-order valence-corrected chi connectivity index (χ1v) is 14.4. The number of nitrogens with zero attached hydrogens (tertiary/aromatic N) is 1. The van der Waals surface area contributed by atoms with E-state index in [0.717, 1.165) is 22.0 Å². The fourth-order valence-corrected chi connectivity index (χ4v) is 5.72. The Morgan fingerprint density at radius 3 is 2.39 bits per heavy atom. The molecule has 0 aliphatic carbocycles. The van der Waals surface area contributed by atoms with Crippen LogP contribution in [0.25, 0.3) is 10.9 Å². The second-order valence-electron chi connectivity index (χ2n) is 9.22. The molecule has 1 aromatic heterocycles. The molecule has 4 aromatic rings. The number of Topliss-reactive ketones (excluding diaryl/α,β-unsaturated/α-hetero) is 1. The van der Waals surface area contributed by atoms with Crippen molar-refractivity contribution in [1.82, 2.24) is 9.88 Å². The Labute approximate surface area is 227 Å². The van der Waals surface area contributed by atoms with Crippen molar-refractivity contribution < 1.29 is 23.1 Å². The number of aromatic nitrogens is 1. The van der Waals surface area contributed by atoms with E-state index in [1.165, 1.54) is 0 Å². The summed E-state index contributed by atoms with van der Waals surface area (Å²) in [4.78, 5) is 25.8. The summed E-state index contributed by atoms with van der Waals surface area (Å²) in [6.07, 6.45) is 2.06. The summed E-state index contributed by atoms with van der Waals surface area (Å²) in [5.41, 5.74) is 3.50. The summed E-state index contributed by atoms with van der Waals surface area (Å²) in [5.74, 6) is -1.56.